The third-order valence-corrected chi connectivity index (χ3v) is 4.18. The molecule has 1 heterocycles. The van der Waals surface area contributed by atoms with Crippen LogP contribution in [0.25, 0.3) is 0 Å². The number of anilines is 1. The molecule has 132 valence electrons. The summed E-state index contributed by atoms with van der Waals surface area (Å²) in [6, 6.07) is 17.3. The SMILES string of the molecule is CN(C(=O)Oc1ccc(Oc2ccc(Cl)c(Cl)c2)cn1)c1ccccc1. The summed E-state index contributed by atoms with van der Waals surface area (Å²) >= 11 is 11.8. The van der Waals surface area contributed by atoms with Gasteiger partial charge in [0, 0.05) is 24.9 Å². The summed E-state index contributed by atoms with van der Waals surface area (Å²) in [4.78, 5) is 17.6. The second-order valence-electron chi connectivity index (χ2n) is 5.27. The Morgan fingerprint density at radius 2 is 1.69 bits per heavy atom. The number of rotatable bonds is 4. The fraction of sp³-hybridized carbons (Fsp3) is 0.0526. The molecule has 0 spiro atoms. The van der Waals surface area contributed by atoms with E-state index < -0.39 is 6.09 Å². The summed E-state index contributed by atoms with van der Waals surface area (Å²) in [5, 5.41) is 0.841. The lowest BCUT2D eigenvalue weighted by molar-refractivity contribution is 0.207. The van der Waals surface area contributed by atoms with Gasteiger partial charge < -0.3 is 9.47 Å². The van der Waals surface area contributed by atoms with E-state index in [0.29, 0.717) is 21.5 Å². The number of ether oxygens (including phenoxy) is 2. The van der Waals surface area contributed by atoms with E-state index in [1.165, 1.54) is 11.1 Å². The number of nitrogens with zero attached hydrogens (tertiary/aromatic N) is 2. The van der Waals surface area contributed by atoms with Gasteiger partial charge >= 0.3 is 6.09 Å². The van der Waals surface area contributed by atoms with Gasteiger partial charge in [-0.05, 0) is 30.3 Å². The molecule has 0 atom stereocenters. The van der Waals surface area contributed by atoms with Crippen LogP contribution in [-0.4, -0.2) is 18.1 Å². The molecule has 0 aliphatic heterocycles. The van der Waals surface area contributed by atoms with Crippen molar-refractivity contribution in [3.05, 3.63) is 76.9 Å². The van der Waals surface area contributed by atoms with E-state index in [-0.39, 0.29) is 5.88 Å². The lowest BCUT2D eigenvalue weighted by Crippen LogP contribution is -2.29. The van der Waals surface area contributed by atoms with Gasteiger partial charge in [-0.15, -0.1) is 0 Å². The molecule has 5 nitrogen and oxygen atoms in total. The topological polar surface area (TPSA) is 51.7 Å². The zero-order chi connectivity index (χ0) is 18.5. The zero-order valence-corrected chi connectivity index (χ0v) is 15.2. The van der Waals surface area contributed by atoms with Crippen molar-refractivity contribution in [2.24, 2.45) is 0 Å². The third-order valence-electron chi connectivity index (χ3n) is 3.45. The molecule has 0 saturated carbocycles. The van der Waals surface area contributed by atoms with Gasteiger partial charge in [-0.3, -0.25) is 4.90 Å². The quantitative estimate of drug-likeness (QED) is 0.565. The van der Waals surface area contributed by atoms with Crippen LogP contribution in [0.3, 0.4) is 0 Å². The first-order valence-corrected chi connectivity index (χ1v) is 8.38. The number of carbonyl (C=O) groups excluding carboxylic acids is 1. The van der Waals surface area contributed by atoms with Crippen molar-refractivity contribution >= 4 is 35.0 Å². The maximum absolute atomic E-state index is 12.2. The first kappa shape index (κ1) is 18.0. The highest BCUT2D eigenvalue weighted by molar-refractivity contribution is 6.42. The molecule has 3 rings (SSSR count). The molecule has 2 aromatic carbocycles. The highest BCUT2D eigenvalue weighted by Crippen LogP contribution is 2.29. The molecule has 0 fully saturated rings. The number of hydrogen-bond acceptors (Lipinski definition) is 4. The van der Waals surface area contributed by atoms with Crippen LogP contribution in [0.15, 0.2) is 66.9 Å². The molecular formula is C19H14Cl2N2O3. The smallest absolute Gasteiger partial charge is 0.420 e. The monoisotopic (exact) mass is 388 g/mol. The number of halogens is 2. The maximum atomic E-state index is 12.2. The minimum absolute atomic E-state index is 0.166. The lowest BCUT2D eigenvalue weighted by Gasteiger charge is -2.16. The molecule has 0 aliphatic rings. The van der Waals surface area contributed by atoms with Gasteiger partial charge in [-0.1, -0.05) is 41.4 Å². The summed E-state index contributed by atoms with van der Waals surface area (Å²) in [5.74, 6) is 1.16. The van der Waals surface area contributed by atoms with Crippen molar-refractivity contribution in [2.75, 3.05) is 11.9 Å². The normalized spacial score (nSPS) is 10.3. The molecule has 26 heavy (non-hydrogen) atoms. The minimum Gasteiger partial charge on any atom is -0.456 e. The first-order valence-electron chi connectivity index (χ1n) is 7.62. The molecule has 1 aromatic heterocycles. The Hall–Kier alpha value is -2.76. The highest BCUT2D eigenvalue weighted by atomic mass is 35.5. The lowest BCUT2D eigenvalue weighted by atomic mass is 10.3. The van der Waals surface area contributed by atoms with E-state index in [4.69, 9.17) is 32.7 Å². The molecule has 0 N–H and O–H groups in total. The summed E-state index contributed by atoms with van der Waals surface area (Å²) < 4.78 is 10.9. The Morgan fingerprint density at radius 1 is 0.962 bits per heavy atom. The number of amides is 1. The Bertz CT molecular complexity index is 902. The molecule has 3 aromatic rings. The molecule has 0 aliphatic carbocycles. The van der Waals surface area contributed by atoms with Crippen molar-refractivity contribution in [3.63, 3.8) is 0 Å². The minimum atomic E-state index is -0.540. The van der Waals surface area contributed by atoms with Gasteiger partial charge in [0.1, 0.15) is 11.5 Å². The number of hydrogen-bond donors (Lipinski definition) is 0. The molecule has 1 amide bonds. The average molecular weight is 389 g/mol. The number of para-hydroxylation sites is 1. The summed E-state index contributed by atoms with van der Waals surface area (Å²) in [6.07, 6.45) is 0.912. The van der Waals surface area contributed by atoms with Gasteiger partial charge in [0.15, 0.2) is 0 Å². The standard InChI is InChI=1S/C19H14Cl2N2O3/c1-23(13-5-3-2-4-6-13)19(24)26-18-10-8-15(12-22-18)25-14-7-9-16(20)17(21)11-14/h2-12H,1H3. The van der Waals surface area contributed by atoms with Gasteiger partial charge in [0.05, 0.1) is 16.2 Å². The van der Waals surface area contributed by atoms with Crippen LogP contribution in [0, 0.1) is 0 Å². The molecular weight excluding hydrogens is 375 g/mol. The van der Waals surface area contributed by atoms with Crippen molar-refractivity contribution in [2.45, 2.75) is 0 Å². The summed E-state index contributed by atoms with van der Waals surface area (Å²) in [7, 11) is 1.62. The van der Waals surface area contributed by atoms with Crippen LogP contribution in [0.4, 0.5) is 10.5 Å². The third kappa shape index (κ3) is 4.45. The fourth-order valence-electron chi connectivity index (χ4n) is 2.08. The highest BCUT2D eigenvalue weighted by Gasteiger charge is 2.13. The van der Waals surface area contributed by atoms with E-state index in [1.807, 2.05) is 30.3 Å². The summed E-state index contributed by atoms with van der Waals surface area (Å²) in [5.41, 5.74) is 0.720. The first-order chi connectivity index (χ1) is 12.5. The predicted molar refractivity (Wildman–Crippen MR) is 102 cm³/mol. The Kier molecular flexibility index (Phi) is 5.61. The Balaban J connectivity index is 1.64. The number of benzene rings is 2. The number of pyridine rings is 1. The van der Waals surface area contributed by atoms with Gasteiger partial charge in [-0.2, -0.15) is 0 Å². The molecule has 0 radical (unpaired) electrons. The summed E-state index contributed by atoms with van der Waals surface area (Å²) in [6.45, 7) is 0. The fourth-order valence-corrected chi connectivity index (χ4v) is 2.37. The van der Waals surface area contributed by atoms with Crippen molar-refractivity contribution < 1.29 is 14.3 Å². The largest absolute Gasteiger partial charge is 0.456 e. The Labute approximate surface area is 160 Å². The van der Waals surface area contributed by atoms with Crippen molar-refractivity contribution in [1.82, 2.24) is 4.98 Å². The Morgan fingerprint density at radius 3 is 2.35 bits per heavy atom. The van der Waals surface area contributed by atoms with Gasteiger partial charge in [0.2, 0.25) is 5.88 Å². The predicted octanol–water partition coefficient (Wildman–Crippen LogP) is 5.82. The van der Waals surface area contributed by atoms with Crippen LogP contribution in [0.1, 0.15) is 0 Å². The average Bonchev–Trinajstić information content (AvgIpc) is 2.66. The van der Waals surface area contributed by atoms with E-state index in [0.717, 1.165) is 5.69 Å². The van der Waals surface area contributed by atoms with E-state index in [9.17, 15) is 4.79 Å². The number of aromatic nitrogens is 1. The molecule has 0 unspecified atom stereocenters. The van der Waals surface area contributed by atoms with E-state index in [1.54, 1.807) is 37.4 Å². The number of carbonyl (C=O) groups is 1. The van der Waals surface area contributed by atoms with Crippen LogP contribution >= 0.6 is 23.2 Å². The van der Waals surface area contributed by atoms with Crippen LogP contribution in [0.2, 0.25) is 10.0 Å². The molecule has 7 heteroatoms. The van der Waals surface area contributed by atoms with Gasteiger partial charge in [0.25, 0.3) is 0 Å². The van der Waals surface area contributed by atoms with Crippen molar-refractivity contribution in [3.8, 4) is 17.4 Å². The van der Waals surface area contributed by atoms with Crippen LogP contribution in [0.5, 0.6) is 17.4 Å². The van der Waals surface area contributed by atoms with E-state index >= 15 is 0 Å². The molecule has 0 saturated heterocycles. The van der Waals surface area contributed by atoms with Crippen molar-refractivity contribution in [1.29, 1.82) is 0 Å². The molecule has 0 bridgehead atoms. The van der Waals surface area contributed by atoms with Crippen LogP contribution < -0.4 is 14.4 Å². The van der Waals surface area contributed by atoms with Gasteiger partial charge in [-0.25, -0.2) is 9.78 Å². The maximum Gasteiger partial charge on any atom is 0.420 e. The second-order valence-corrected chi connectivity index (χ2v) is 6.09. The zero-order valence-electron chi connectivity index (χ0n) is 13.7. The van der Waals surface area contributed by atoms with E-state index in [2.05, 4.69) is 4.98 Å². The van der Waals surface area contributed by atoms with Crippen LogP contribution in [-0.2, 0) is 0 Å². The second kappa shape index (κ2) is 8.08.